The number of fused-ring (bicyclic) bond motifs is 1. The van der Waals surface area contributed by atoms with E-state index in [2.05, 4.69) is 9.97 Å². The molecule has 0 bridgehead atoms. The van der Waals surface area contributed by atoms with Gasteiger partial charge in [-0.25, -0.2) is 4.79 Å². The molecule has 0 aliphatic heterocycles. The van der Waals surface area contributed by atoms with Gasteiger partial charge in [0.05, 0.1) is 18.4 Å². The molecule has 0 unspecified atom stereocenters. The van der Waals surface area contributed by atoms with Crippen LogP contribution in [0.5, 0.6) is 0 Å². The number of benzene rings is 1. The van der Waals surface area contributed by atoms with Gasteiger partial charge in [-0.05, 0) is 18.2 Å². The van der Waals surface area contributed by atoms with Gasteiger partial charge in [-0.1, -0.05) is 18.2 Å². The Kier molecular flexibility index (Phi) is 2.76. The number of aromatic amines is 1. The first kappa shape index (κ1) is 11.5. The largest absolute Gasteiger partial charge is 0.465 e. The van der Waals surface area contributed by atoms with E-state index < -0.39 is 0 Å². The number of rotatable bonds is 2. The number of H-pyrrole nitrogens is 1. The van der Waals surface area contributed by atoms with Crippen molar-refractivity contribution >= 4 is 16.9 Å². The van der Waals surface area contributed by atoms with E-state index in [9.17, 15) is 4.79 Å². The maximum atomic E-state index is 11.8. The van der Waals surface area contributed by atoms with E-state index in [1.54, 1.807) is 18.3 Å². The third-order valence-electron chi connectivity index (χ3n) is 3.06. The number of methoxy groups -OCH3 is 1. The van der Waals surface area contributed by atoms with E-state index in [4.69, 9.17) is 4.74 Å². The minimum atomic E-state index is -0.381. The first-order valence-corrected chi connectivity index (χ1v) is 5.91. The van der Waals surface area contributed by atoms with Gasteiger partial charge in [0, 0.05) is 28.9 Å². The van der Waals surface area contributed by atoms with Crippen LogP contribution in [0, 0.1) is 0 Å². The molecule has 0 aliphatic carbocycles. The van der Waals surface area contributed by atoms with Crippen LogP contribution >= 0.6 is 0 Å². The van der Waals surface area contributed by atoms with Gasteiger partial charge in [-0.15, -0.1) is 0 Å². The summed E-state index contributed by atoms with van der Waals surface area (Å²) in [6, 6.07) is 11.3. The molecule has 0 spiro atoms. The van der Waals surface area contributed by atoms with Crippen molar-refractivity contribution in [3.63, 3.8) is 0 Å². The fraction of sp³-hybridized carbons (Fsp3) is 0.0667. The molecule has 0 aliphatic rings. The summed E-state index contributed by atoms with van der Waals surface area (Å²) in [5.41, 5.74) is 3.01. The maximum Gasteiger partial charge on any atom is 0.340 e. The third-order valence-corrected chi connectivity index (χ3v) is 3.06. The first-order chi connectivity index (χ1) is 9.31. The zero-order valence-corrected chi connectivity index (χ0v) is 10.4. The number of para-hydroxylation sites is 1. The molecule has 1 aromatic carbocycles. The van der Waals surface area contributed by atoms with Gasteiger partial charge in [0.15, 0.2) is 0 Å². The number of hydrogen-bond acceptors (Lipinski definition) is 3. The molecule has 3 rings (SSSR count). The Morgan fingerprint density at radius 1 is 1.21 bits per heavy atom. The average Bonchev–Trinajstić information content (AvgIpc) is 2.90. The Hall–Kier alpha value is -2.62. The summed E-state index contributed by atoms with van der Waals surface area (Å²) in [4.78, 5) is 19.3. The Balaban J connectivity index is 2.25. The number of carbonyl (C=O) groups is 1. The molecule has 0 amide bonds. The lowest BCUT2D eigenvalue weighted by atomic mass is 10.1. The Bertz CT molecular complexity index is 746. The second kappa shape index (κ2) is 4.57. The molecule has 0 fully saturated rings. The van der Waals surface area contributed by atoms with Crippen LogP contribution in [-0.4, -0.2) is 23.0 Å². The molecule has 4 heteroatoms. The van der Waals surface area contributed by atoms with E-state index in [-0.39, 0.29) is 5.97 Å². The number of nitrogens with zero attached hydrogens (tertiary/aromatic N) is 1. The summed E-state index contributed by atoms with van der Waals surface area (Å²) in [5, 5.41) is 1.03. The van der Waals surface area contributed by atoms with Crippen molar-refractivity contribution in [2.45, 2.75) is 0 Å². The van der Waals surface area contributed by atoms with Gasteiger partial charge in [-0.2, -0.15) is 0 Å². The third kappa shape index (κ3) is 1.87. The number of ether oxygens (including phenoxy) is 1. The van der Waals surface area contributed by atoms with Gasteiger partial charge in [0.25, 0.3) is 0 Å². The second-order valence-corrected chi connectivity index (χ2v) is 4.14. The van der Waals surface area contributed by atoms with E-state index in [0.29, 0.717) is 11.3 Å². The molecule has 0 atom stereocenters. The molecule has 2 heterocycles. The molecule has 0 saturated carbocycles. The minimum absolute atomic E-state index is 0.381. The van der Waals surface area contributed by atoms with Crippen LogP contribution in [0.1, 0.15) is 10.4 Å². The van der Waals surface area contributed by atoms with E-state index in [1.165, 1.54) is 7.11 Å². The Morgan fingerprint density at radius 3 is 2.89 bits per heavy atom. The molecular formula is C15H12N2O2. The Labute approximate surface area is 110 Å². The highest BCUT2D eigenvalue weighted by atomic mass is 16.5. The van der Waals surface area contributed by atoms with Crippen molar-refractivity contribution < 1.29 is 9.53 Å². The fourth-order valence-corrected chi connectivity index (χ4v) is 2.16. The minimum Gasteiger partial charge on any atom is -0.465 e. The fourth-order valence-electron chi connectivity index (χ4n) is 2.16. The van der Waals surface area contributed by atoms with Crippen LogP contribution in [-0.2, 0) is 4.74 Å². The Morgan fingerprint density at radius 2 is 2.05 bits per heavy atom. The number of nitrogens with one attached hydrogen (secondary N) is 1. The molecule has 4 nitrogen and oxygen atoms in total. The summed E-state index contributed by atoms with van der Waals surface area (Å²) in [6.07, 6.45) is 3.53. The van der Waals surface area contributed by atoms with Crippen molar-refractivity contribution in [2.75, 3.05) is 7.11 Å². The number of pyridine rings is 1. The van der Waals surface area contributed by atoms with Crippen LogP contribution in [0.3, 0.4) is 0 Å². The average molecular weight is 252 g/mol. The predicted octanol–water partition coefficient (Wildman–Crippen LogP) is 3.02. The van der Waals surface area contributed by atoms with E-state index in [1.807, 2.05) is 30.5 Å². The van der Waals surface area contributed by atoms with Gasteiger partial charge in [-0.3, -0.25) is 4.98 Å². The van der Waals surface area contributed by atoms with Crippen LogP contribution in [0.25, 0.3) is 22.2 Å². The monoisotopic (exact) mass is 252 g/mol. The molecule has 19 heavy (non-hydrogen) atoms. The number of esters is 1. The summed E-state index contributed by atoms with van der Waals surface area (Å²) in [5.74, 6) is -0.381. The summed E-state index contributed by atoms with van der Waals surface area (Å²) in [6.45, 7) is 0. The molecule has 3 aromatic rings. The highest BCUT2D eigenvalue weighted by Crippen LogP contribution is 2.29. The van der Waals surface area contributed by atoms with Crippen molar-refractivity contribution in [2.24, 2.45) is 0 Å². The smallest absolute Gasteiger partial charge is 0.340 e. The van der Waals surface area contributed by atoms with Crippen LogP contribution in [0.2, 0.25) is 0 Å². The molecule has 1 N–H and O–H groups in total. The van der Waals surface area contributed by atoms with Crippen molar-refractivity contribution in [3.05, 3.63) is 54.4 Å². The van der Waals surface area contributed by atoms with Gasteiger partial charge >= 0.3 is 5.97 Å². The standard InChI is InChI=1S/C15H12N2O2/c1-19-15(18)11-6-4-8-16-14(11)12-9-17-13-7-3-2-5-10(12)13/h2-9,17H,1H3. The highest BCUT2D eigenvalue weighted by Gasteiger charge is 2.16. The molecule has 0 saturated heterocycles. The lowest BCUT2D eigenvalue weighted by molar-refractivity contribution is 0.0601. The van der Waals surface area contributed by atoms with Crippen LogP contribution in [0.15, 0.2) is 48.8 Å². The van der Waals surface area contributed by atoms with Gasteiger partial charge in [0.2, 0.25) is 0 Å². The van der Waals surface area contributed by atoms with Gasteiger partial charge in [0.1, 0.15) is 0 Å². The number of carbonyl (C=O) groups excluding carboxylic acids is 1. The van der Waals surface area contributed by atoms with E-state index >= 15 is 0 Å². The zero-order valence-electron chi connectivity index (χ0n) is 10.4. The van der Waals surface area contributed by atoms with Crippen molar-refractivity contribution in [3.8, 4) is 11.3 Å². The molecule has 2 aromatic heterocycles. The quantitative estimate of drug-likeness (QED) is 0.713. The number of aromatic nitrogens is 2. The summed E-state index contributed by atoms with van der Waals surface area (Å²) < 4.78 is 4.80. The lowest BCUT2D eigenvalue weighted by Gasteiger charge is -2.05. The van der Waals surface area contributed by atoms with Crippen molar-refractivity contribution in [1.82, 2.24) is 9.97 Å². The molecular weight excluding hydrogens is 240 g/mol. The van der Waals surface area contributed by atoms with E-state index in [0.717, 1.165) is 16.5 Å². The predicted molar refractivity (Wildman–Crippen MR) is 72.9 cm³/mol. The highest BCUT2D eigenvalue weighted by molar-refractivity contribution is 6.02. The normalized spacial score (nSPS) is 10.6. The topological polar surface area (TPSA) is 55.0 Å². The second-order valence-electron chi connectivity index (χ2n) is 4.14. The molecule has 0 radical (unpaired) electrons. The molecule has 94 valence electrons. The lowest BCUT2D eigenvalue weighted by Crippen LogP contribution is -2.04. The van der Waals surface area contributed by atoms with Crippen LogP contribution < -0.4 is 0 Å². The maximum absolute atomic E-state index is 11.8. The number of hydrogen-bond donors (Lipinski definition) is 1. The van der Waals surface area contributed by atoms with Crippen molar-refractivity contribution in [1.29, 1.82) is 0 Å². The zero-order chi connectivity index (χ0) is 13.2. The van der Waals surface area contributed by atoms with Crippen LogP contribution in [0.4, 0.5) is 0 Å². The summed E-state index contributed by atoms with van der Waals surface area (Å²) in [7, 11) is 1.37. The van der Waals surface area contributed by atoms with Gasteiger partial charge < -0.3 is 9.72 Å². The summed E-state index contributed by atoms with van der Waals surface area (Å²) >= 11 is 0. The first-order valence-electron chi connectivity index (χ1n) is 5.91. The SMILES string of the molecule is COC(=O)c1cccnc1-c1c[nH]c2ccccc12.